The van der Waals surface area contributed by atoms with E-state index in [0.717, 1.165) is 33.4 Å². The fraction of sp³-hybridized carbons (Fsp3) is 0.0556. The number of para-hydroxylation sites is 1. The summed E-state index contributed by atoms with van der Waals surface area (Å²) in [5, 5.41) is 5.73. The zero-order chi connectivity index (χ0) is 15.8. The summed E-state index contributed by atoms with van der Waals surface area (Å²) in [6, 6.07) is 15.6. The van der Waals surface area contributed by atoms with Gasteiger partial charge in [-0.25, -0.2) is 4.98 Å². The molecular formula is C18H13ClN2O2. The van der Waals surface area contributed by atoms with E-state index < -0.39 is 0 Å². The second-order valence-electron chi connectivity index (χ2n) is 5.12. The van der Waals surface area contributed by atoms with Gasteiger partial charge in [0.05, 0.1) is 28.7 Å². The Kier molecular flexibility index (Phi) is 3.32. The summed E-state index contributed by atoms with van der Waals surface area (Å²) in [5.74, 6) is 0.807. The Morgan fingerprint density at radius 1 is 1.09 bits per heavy atom. The van der Waals surface area contributed by atoms with Crippen molar-refractivity contribution in [2.24, 2.45) is 0 Å². The van der Waals surface area contributed by atoms with Crippen LogP contribution in [0, 0.1) is 0 Å². The van der Waals surface area contributed by atoms with Crippen LogP contribution < -0.4 is 10.1 Å². The zero-order valence-electron chi connectivity index (χ0n) is 12.3. The third kappa shape index (κ3) is 2.37. The second-order valence-corrected chi connectivity index (χ2v) is 5.53. The van der Waals surface area contributed by atoms with Gasteiger partial charge < -0.3 is 14.5 Å². The van der Waals surface area contributed by atoms with Gasteiger partial charge in [0.15, 0.2) is 0 Å². The first-order valence-electron chi connectivity index (χ1n) is 7.13. The first-order valence-corrected chi connectivity index (χ1v) is 7.50. The Hall–Kier alpha value is -2.72. The molecule has 114 valence electrons. The molecule has 0 amide bonds. The van der Waals surface area contributed by atoms with Crippen LogP contribution in [0.1, 0.15) is 0 Å². The van der Waals surface area contributed by atoms with Gasteiger partial charge in [0.2, 0.25) is 5.71 Å². The number of pyridine rings is 1. The molecule has 0 aliphatic rings. The number of methoxy groups -OCH3 is 1. The highest BCUT2D eigenvalue weighted by molar-refractivity contribution is 6.37. The Labute approximate surface area is 137 Å². The molecule has 0 fully saturated rings. The molecule has 2 aromatic carbocycles. The Morgan fingerprint density at radius 3 is 2.65 bits per heavy atom. The summed E-state index contributed by atoms with van der Waals surface area (Å²) in [6.45, 7) is 0. The average molecular weight is 325 g/mol. The van der Waals surface area contributed by atoms with Crippen LogP contribution in [0.2, 0.25) is 5.02 Å². The second kappa shape index (κ2) is 5.48. The van der Waals surface area contributed by atoms with E-state index in [1.165, 1.54) is 6.26 Å². The maximum absolute atomic E-state index is 6.30. The first kappa shape index (κ1) is 13.9. The van der Waals surface area contributed by atoms with Gasteiger partial charge in [-0.3, -0.25) is 0 Å². The van der Waals surface area contributed by atoms with Crippen molar-refractivity contribution in [2.75, 3.05) is 12.4 Å². The van der Waals surface area contributed by atoms with Gasteiger partial charge in [-0.15, -0.1) is 0 Å². The van der Waals surface area contributed by atoms with Crippen LogP contribution in [0.3, 0.4) is 0 Å². The number of hydrogen-bond donors (Lipinski definition) is 1. The molecule has 0 spiro atoms. The lowest BCUT2D eigenvalue weighted by Gasteiger charge is -2.11. The number of ether oxygens (including phenoxy) is 1. The van der Waals surface area contributed by atoms with Gasteiger partial charge in [-0.05, 0) is 30.3 Å². The molecule has 0 aliphatic heterocycles. The number of nitrogens with one attached hydrogen (secondary N) is 1. The van der Waals surface area contributed by atoms with Crippen molar-refractivity contribution in [3.05, 3.63) is 59.8 Å². The number of benzene rings is 2. The number of anilines is 2. The number of fused-ring (bicyclic) bond motifs is 2. The van der Waals surface area contributed by atoms with Crippen molar-refractivity contribution >= 4 is 45.0 Å². The van der Waals surface area contributed by atoms with Crippen molar-refractivity contribution in [3.8, 4) is 5.75 Å². The Morgan fingerprint density at radius 2 is 1.87 bits per heavy atom. The van der Waals surface area contributed by atoms with Gasteiger partial charge in [-0.1, -0.05) is 29.8 Å². The molecule has 4 rings (SSSR count). The summed E-state index contributed by atoms with van der Waals surface area (Å²) in [7, 11) is 1.65. The van der Waals surface area contributed by atoms with Crippen molar-refractivity contribution in [2.45, 2.75) is 0 Å². The standard InChI is InChI=1S/C18H13ClN2O2/c1-22-12-8-6-11(7-9-12)20-17-13-4-2-3-5-15(13)21-18-16(17)14(19)10-23-18/h2-10H,1H3,(H,20,21). The van der Waals surface area contributed by atoms with Gasteiger partial charge in [-0.2, -0.15) is 0 Å². The largest absolute Gasteiger partial charge is 0.497 e. The minimum atomic E-state index is 0.518. The third-order valence-electron chi connectivity index (χ3n) is 3.73. The van der Waals surface area contributed by atoms with Gasteiger partial charge in [0, 0.05) is 11.1 Å². The third-order valence-corrected chi connectivity index (χ3v) is 4.01. The summed E-state index contributed by atoms with van der Waals surface area (Å²) in [5.41, 5.74) is 3.18. The van der Waals surface area contributed by atoms with E-state index in [4.69, 9.17) is 20.8 Å². The number of rotatable bonds is 3. The van der Waals surface area contributed by atoms with Crippen molar-refractivity contribution in [1.29, 1.82) is 0 Å². The molecule has 2 aromatic heterocycles. The number of hydrogen-bond acceptors (Lipinski definition) is 4. The highest BCUT2D eigenvalue weighted by atomic mass is 35.5. The van der Waals surface area contributed by atoms with Crippen molar-refractivity contribution in [1.82, 2.24) is 4.98 Å². The van der Waals surface area contributed by atoms with Crippen LogP contribution in [-0.4, -0.2) is 12.1 Å². The minimum Gasteiger partial charge on any atom is -0.497 e. The van der Waals surface area contributed by atoms with E-state index in [1.807, 2.05) is 48.5 Å². The van der Waals surface area contributed by atoms with Gasteiger partial charge >= 0.3 is 0 Å². The maximum Gasteiger partial charge on any atom is 0.230 e. The van der Waals surface area contributed by atoms with Crippen LogP contribution in [0.4, 0.5) is 11.4 Å². The molecule has 4 aromatic rings. The fourth-order valence-electron chi connectivity index (χ4n) is 2.61. The first-order chi connectivity index (χ1) is 11.3. The smallest absolute Gasteiger partial charge is 0.230 e. The summed E-state index contributed by atoms with van der Waals surface area (Å²) >= 11 is 6.30. The normalized spacial score (nSPS) is 11.0. The highest BCUT2D eigenvalue weighted by Gasteiger charge is 2.15. The molecule has 0 atom stereocenters. The SMILES string of the molecule is COc1ccc(Nc2c3ccccc3nc3occ(Cl)c23)cc1. The number of nitrogens with zero attached hydrogens (tertiary/aromatic N) is 1. The Bertz CT molecular complexity index is 993. The molecular weight excluding hydrogens is 312 g/mol. The van der Waals surface area contributed by atoms with Crippen LogP contribution in [0.25, 0.3) is 22.0 Å². The molecule has 0 aliphatic carbocycles. The van der Waals surface area contributed by atoms with E-state index in [9.17, 15) is 0 Å². The van der Waals surface area contributed by atoms with E-state index in [2.05, 4.69) is 10.3 Å². The minimum absolute atomic E-state index is 0.518. The van der Waals surface area contributed by atoms with E-state index in [1.54, 1.807) is 7.11 Å². The lowest BCUT2D eigenvalue weighted by molar-refractivity contribution is 0.415. The van der Waals surface area contributed by atoms with E-state index >= 15 is 0 Å². The van der Waals surface area contributed by atoms with Crippen LogP contribution in [0.5, 0.6) is 5.75 Å². The van der Waals surface area contributed by atoms with Crippen LogP contribution in [-0.2, 0) is 0 Å². The number of furan rings is 1. The van der Waals surface area contributed by atoms with Crippen molar-refractivity contribution < 1.29 is 9.15 Å². The quantitative estimate of drug-likeness (QED) is 0.549. The lowest BCUT2D eigenvalue weighted by Crippen LogP contribution is -1.94. The molecule has 0 saturated carbocycles. The lowest BCUT2D eigenvalue weighted by atomic mass is 10.1. The monoisotopic (exact) mass is 324 g/mol. The topological polar surface area (TPSA) is 47.3 Å². The maximum atomic E-state index is 6.30. The van der Waals surface area contributed by atoms with E-state index in [-0.39, 0.29) is 0 Å². The predicted molar refractivity (Wildman–Crippen MR) is 92.8 cm³/mol. The molecule has 0 unspecified atom stereocenters. The summed E-state index contributed by atoms with van der Waals surface area (Å²) in [4.78, 5) is 4.52. The summed E-state index contributed by atoms with van der Waals surface area (Å²) < 4.78 is 10.7. The predicted octanol–water partition coefficient (Wildman–Crippen LogP) is 5.39. The molecule has 0 saturated heterocycles. The average Bonchev–Trinajstić information content (AvgIpc) is 2.96. The molecule has 5 heteroatoms. The molecule has 2 heterocycles. The summed E-state index contributed by atoms with van der Waals surface area (Å²) in [6.07, 6.45) is 1.51. The molecule has 4 nitrogen and oxygen atoms in total. The number of aromatic nitrogens is 1. The van der Waals surface area contributed by atoms with E-state index in [0.29, 0.717) is 10.7 Å². The van der Waals surface area contributed by atoms with Crippen LogP contribution in [0.15, 0.2) is 59.2 Å². The molecule has 23 heavy (non-hydrogen) atoms. The van der Waals surface area contributed by atoms with Gasteiger partial charge in [0.1, 0.15) is 12.0 Å². The zero-order valence-corrected chi connectivity index (χ0v) is 13.1. The molecule has 0 bridgehead atoms. The van der Waals surface area contributed by atoms with Crippen LogP contribution >= 0.6 is 11.6 Å². The van der Waals surface area contributed by atoms with Crippen molar-refractivity contribution in [3.63, 3.8) is 0 Å². The fourth-order valence-corrected chi connectivity index (χ4v) is 2.83. The molecule has 1 N–H and O–H groups in total. The number of halogens is 1. The van der Waals surface area contributed by atoms with Gasteiger partial charge in [0.25, 0.3) is 0 Å². The highest BCUT2D eigenvalue weighted by Crippen LogP contribution is 2.38. The molecule has 0 radical (unpaired) electrons. The Balaban J connectivity index is 1.92.